The summed E-state index contributed by atoms with van der Waals surface area (Å²) in [5.74, 6) is 0.204. The molecule has 0 saturated carbocycles. The van der Waals surface area contributed by atoms with Crippen molar-refractivity contribution in [1.82, 2.24) is 15.1 Å². The standard InChI is InChI=1S/C16H25N3O.ClH/c1-14-6-3-4-7-15(14)12-18(2)16(20)13-19-10-5-8-17-9-11-19;/h3-4,6-7,17H,5,8-13H2,1-2H3;1H. The van der Waals surface area contributed by atoms with Crippen LogP contribution in [-0.2, 0) is 11.3 Å². The molecule has 1 N–H and O–H groups in total. The van der Waals surface area contributed by atoms with Crippen molar-refractivity contribution >= 4 is 18.3 Å². The Morgan fingerprint density at radius 1 is 1.29 bits per heavy atom. The summed E-state index contributed by atoms with van der Waals surface area (Å²) in [6.07, 6.45) is 1.12. The van der Waals surface area contributed by atoms with Crippen molar-refractivity contribution in [3.63, 3.8) is 0 Å². The third-order valence-corrected chi connectivity index (χ3v) is 3.89. The number of hydrogen-bond acceptors (Lipinski definition) is 3. The molecule has 0 bridgehead atoms. The third kappa shape index (κ3) is 5.65. The summed E-state index contributed by atoms with van der Waals surface area (Å²) in [7, 11) is 1.89. The Bertz CT molecular complexity index is 445. The zero-order valence-electron chi connectivity index (χ0n) is 13.0. The van der Waals surface area contributed by atoms with Crippen LogP contribution in [0.25, 0.3) is 0 Å². The van der Waals surface area contributed by atoms with Gasteiger partial charge in [-0.2, -0.15) is 0 Å². The van der Waals surface area contributed by atoms with Gasteiger partial charge in [0.2, 0.25) is 5.91 Å². The molecule has 4 nitrogen and oxygen atoms in total. The molecule has 0 unspecified atom stereocenters. The topological polar surface area (TPSA) is 35.6 Å². The lowest BCUT2D eigenvalue weighted by molar-refractivity contribution is -0.131. The minimum atomic E-state index is 0. The second-order valence-electron chi connectivity index (χ2n) is 5.56. The second kappa shape index (κ2) is 9.03. The molecule has 1 aliphatic rings. The molecule has 1 aliphatic heterocycles. The van der Waals surface area contributed by atoms with Crippen LogP contribution in [0.1, 0.15) is 17.5 Å². The molecular formula is C16H26ClN3O. The third-order valence-electron chi connectivity index (χ3n) is 3.89. The first-order chi connectivity index (χ1) is 9.66. The number of aryl methyl sites for hydroxylation is 1. The van der Waals surface area contributed by atoms with Crippen LogP contribution >= 0.6 is 12.4 Å². The van der Waals surface area contributed by atoms with Crippen LogP contribution in [0.15, 0.2) is 24.3 Å². The molecule has 0 spiro atoms. The van der Waals surface area contributed by atoms with E-state index >= 15 is 0 Å². The molecule has 0 aromatic heterocycles. The predicted molar refractivity (Wildman–Crippen MR) is 88.8 cm³/mol. The molecule has 0 radical (unpaired) electrons. The van der Waals surface area contributed by atoms with Gasteiger partial charge in [0.05, 0.1) is 6.54 Å². The van der Waals surface area contributed by atoms with E-state index < -0.39 is 0 Å². The molecule has 2 rings (SSSR count). The largest absolute Gasteiger partial charge is 0.340 e. The molecule has 1 fully saturated rings. The van der Waals surface area contributed by atoms with E-state index in [1.54, 1.807) is 0 Å². The summed E-state index contributed by atoms with van der Waals surface area (Å²) >= 11 is 0. The summed E-state index contributed by atoms with van der Waals surface area (Å²) in [6, 6.07) is 8.25. The summed E-state index contributed by atoms with van der Waals surface area (Å²) in [4.78, 5) is 16.4. The Hall–Kier alpha value is -1.10. The van der Waals surface area contributed by atoms with Gasteiger partial charge in [0.25, 0.3) is 0 Å². The first kappa shape index (κ1) is 18.0. The Morgan fingerprint density at radius 2 is 2.05 bits per heavy atom. The van der Waals surface area contributed by atoms with E-state index in [1.165, 1.54) is 11.1 Å². The number of likely N-dealkylation sites (N-methyl/N-ethyl adjacent to an activating group) is 1. The van der Waals surface area contributed by atoms with Crippen molar-refractivity contribution in [2.24, 2.45) is 0 Å². The number of nitrogens with one attached hydrogen (secondary N) is 1. The highest BCUT2D eigenvalue weighted by Gasteiger charge is 2.16. The van der Waals surface area contributed by atoms with Crippen molar-refractivity contribution in [2.75, 3.05) is 39.8 Å². The fraction of sp³-hybridized carbons (Fsp3) is 0.562. The number of carbonyl (C=O) groups is 1. The number of nitrogens with zero attached hydrogens (tertiary/aromatic N) is 2. The smallest absolute Gasteiger partial charge is 0.236 e. The Balaban J connectivity index is 0.00000220. The first-order valence-corrected chi connectivity index (χ1v) is 7.38. The fourth-order valence-electron chi connectivity index (χ4n) is 2.50. The summed E-state index contributed by atoms with van der Waals surface area (Å²) in [5, 5.41) is 3.36. The molecule has 1 aromatic rings. The maximum absolute atomic E-state index is 12.3. The lowest BCUT2D eigenvalue weighted by Gasteiger charge is -2.24. The van der Waals surface area contributed by atoms with E-state index in [4.69, 9.17) is 0 Å². The van der Waals surface area contributed by atoms with Crippen LogP contribution < -0.4 is 5.32 Å². The van der Waals surface area contributed by atoms with Gasteiger partial charge < -0.3 is 10.2 Å². The van der Waals surface area contributed by atoms with Gasteiger partial charge in [0.15, 0.2) is 0 Å². The van der Waals surface area contributed by atoms with E-state index in [2.05, 4.69) is 29.3 Å². The van der Waals surface area contributed by atoms with Crippen LogP contribution in [0.4, 0.5) is 0 Å². The number of benzene rings is 1. The summed E-state index contributed by atoms with van der Waals surface area (Å²) in [6.45, 7) is 7.33. The van der Waals surface area contributed by atoms with Gasteiger partial charge in [0.1, 0.15) is 0 Å². The van der Waals surface area contributed by atoms with Gasteiger partial charge in [-0.15, -0.1) is 12.4 Å². The SMILES string of the molecule is Cc1ccccc1CN(C)C(=O)CN1CCCNCC1.Cl. The molecule has 1 amide bonds. The van der Waals surface area contributed by atoms with Crippen LogP contribution in [0, 0.1) is 6.92 Å². The lowest BCUT2D eigenvalue weighted by Crippen LogP contribution is -2.39. The first-order valence-electron chi connectivity index (χ1n) is 7.38. The van der Waals surface area contributed by atoms with Crippen LogP contribution in [-0.4, -0.2) is 55.5 Å². The van der Waals surface area contributed by atoms with Gasteiger partial charge in [-0.1, -0.05) is 24.3 Å². The molecule has 0 aliphatic carbocycles. The van der Waals surface area contributed by atoms with Crippen LogP contribution in [0.2, 0.25) is 0 Å². The average molecular weight is 312 g/mol. The number of halogens is 1. The van der Waals surface area contributed by atoms with Crippen LogP contribution in [0.5, 0.6) is 0 Å². The van der Waals surface area contributed by atoms with Gasteiger partial charge in [-0.3, -0.25) is 9.69 Å². The van der Waals surface area contributed by atoms with Gasteiger partial charge in [-0.05, 0) is 37.6 Å². The van der Waals surface area contributed by atoms with Crippen molar-refractivity contribution < 1.29 is 4.79 Å². The van der Waals surface area contributed by atoms with Gasteiger partial charge >= 0.3 is 0 Å². The second-order valence-corrected chi connectivity index (χ2v) is 5.56. The molecule has 0 atom stereocenters. The van der Waals surface area contributed by atoms with E-state index in [9.17, 15) is 4.79 Å². The maximum atomic E-state index is 12.3. The molecule has 118 valence electrons. The van der Waals surface area contributed by atoms with E-state index in [0.29, 0.717) is 13.1 Å². The lowest BCUT2D eigenvalue weighted by atomic mass is 10.1. The minimum absolute atomic E-state index is 0. The summed E-state index contributed by atoms with van der Waals surface area (Å²) < 4.78 is 0. The fourth-order valence-corrected chi connectivity index (χ4v) is 2.50. The quantitative estimate of drug-likeness (QED) is 0.919. The van der Waals surface area contributed by atoms with Crippen LogP contribution in [0.3, 0.4) is 0 Å². The van der Waals surface area contributed by atoms with Crippen molar-refractivity contribution in [2.45, 2.75) is 19.9 Å². The molecule has 5 heteroatoms. The predicted octanol–water partition coefficient (Wildman–Crippen LogP) is 1.67. The minimum Gasteiger partial charge on any atom is -0.340 e. The zero-order chi connectivity index (χ0) is 14.4. The molecular weight excluding hydrogens is 286 g/mol. The molecule has 21 heavy (non-hydrogen) atoms. The number of carbonyl (C=O) groups excluding carboxylic acids is 1. The van der Waals surface area contributed by atoms with Crippen molar-refractivity contribution in [3.8, 4) is 0 Å². The Labute approximate surface area is 133 Å². The molecule has 1 saturated heterocycles. The van der Waals surface area contributed by atoms with Crippen molar-refractivity contribution in [1.29, 1.82) is 0 Å². The van der Waals surface area contributed by atoms with E-state index in [1.807, 2.05) is 24.1 Å². The Morgan fingerprint density at radius 3 is 2.81 bits per heavy atom. The zero-order valence-corrected chi connectivity index (χ0v) is 13.8. The normalized spacial score (nSPS) is 15.9. The van der Waals surface area contributed by atoms with E-state index in [0.717, 1.165) is 32.6 Å². The highest BCUT2D eigenvalue weighted by Crippen LogP contribution is 2.10. The average Bonchev–Trinajstić information content (AvgIpc) is 2.70. The number of hydrogen-bond donors (Lipinski definition) is 1. The highest BCUT2D eigenvalue weighted by atomic mass is 35.5. The Kier molecular flexibility index (Phi) is 7.72. The maximum Gasteiger partial charge on any atom is 0.236 e. The number of amides is 1. The summed E-state index contributed by atoms with van der Waals surface area (Å²) in [5.41, 5.74) is 2.46. The molecule has 1 heterocycles. The highest BCUT2D eigenvalue weighted by molar-refractivity contribution is 5.85. The van der Waals surface area contributed by atoms with Gasteiger partial charge in [0, 0.05) is 26.7 Å². The molecule has 1 aromatic carbocycles. The van der Waals surface area contributed by atoms with Gasteiger partial charge in [-0.25, -0.2) is 0 Å². The van der Waals surface area contributed by atoms with Crippen molar-refractivity contribution in [3.05, 3.63) is 35.4 Å². The van der Waals surface area contributed by atoms with E-state index in [-0.39, 0.29) is 18.3 Å². The monoisotopic (exact) mass is 311 g/mol. The number of rotatable bonds is 4.